The second-order valence-corrected chi connectivity index (χ2v) is 3.26. The van der Waals surface area contributed by atoms with Gasteiger partial charge in [0.15, 0.2) is 0 Å². The fraction of sp³-hybridized carbons (Fsp3) is 0.273. The molecule has 1 aromatic rings. The number of benzene rings is 1. The molecule has 0 saturated heterocycles. The van der Waals surface area contributed by atoms with Gasteiger partial charge in [-0.1, -0.05) is 6.08 Å². The third-order valence-corrected chi connectivity index (χ3v) is 2.10. The molecule has 0 bridgehead atoms. The SMILES string of the molecule is C=CCC[C@H](N)c1c(F)cc(F)cc1F.Cl. The molecule has 1 atom stereocenters. The first-order valence-corrected chi connectivity index (χ1v) is 4.57. The molecule has 1 aromatic carbocycles. The van der Waals surface area contributed by atoms with Crippen molar-refractivity contribution >= 4 is 12.4 Å². The van der Waals surface area contributed by atoms with Crippen molar-refractivity contribution in [2.75, 3.05) is 0 Å². The van der Waals surface area contributed by atoms with Crippen LogP contribution in [0.15, 0.2) is 24.8 Å². The topological polar surface area (TPSA) is 26.0 Å². The Hall–Kier alpha value is -1.00. The number of rotatable bonds is 4. The summed E-state index contributed by atoms with van der Waals surface area (Å²) in [5.41, 5.74) is 5.32. The summed E-state index contributed by atoms with van der Waals surface area (Å²) in [6.07, 6.45) is 2.54. The van der Waals surface area contributed by atoms with E-state index in [0.717, 1.165) is 0 Å². The number of halogens is 4. The minimum atomic E-state index is -0.941. The monoisotopic (exact) mass is 251 g/mol. The molecule has 1 nitrogen and oxygen atoms in total. The van der Waals surface area contributed by atoms with E-state index in [0.29, 0.717) is 25.0 Å². The lowest BCUT2D eigenvalue weighted by Crippen LogP contribution is -2.14. The van der Waals surface area contributed by atoms with Crippen molar-refractivity contribution in [3.63, 3.8) is 0 Å². The van der Waals surface area contributed by atoms with Gasteiger partial charge >= 0.3 is 0 Å². The van der Waals surface area contributed by atoms with E-state index in [9.17, 15) is 13.2 Å². The van der Waals surface area contributed by atoms with Gasteiger partial charge in [0.25, 0.3) is 0 Å². The second-order valence-electron chi connectivity index (χ2n) is 3.26. The van der Waals surface area contributed by atoms with Gasteiger partial charge in [0, 0.05) is 23.7 Å². The summed E-state index contributed by atoms with van der Waals surface area (Å²) in [4.78, 5) is 0. The lowest BCUT2D eigenvalue weighted by molar-refractivity contribution is 0.494. The Morgan fingerprint density at radius 1 is 1.25 bits per heavy atom. The molecule has 0 aromatic heterocycles. The lowest BCUT2D eigenvalue weighted by Gasteiger charge is -2.12. The fourth-order valence-corrected chi connectivity index (χ4v) is 1.35. The molecule has 0 amide bonds. The maximum Gasteiger partial charge on any atom is 0.133 e. The Bertz CT molecular complexity index is 345. The van der Waals surface area contributed by atoms with Crippen molar-refractivity contribution < 1.29 is 13.2 Å². The molecular weight excluding hydrogens is 239 g/mol. The zero-order valence-corrected chi connectivity index (χ0v) is 9.37. The van der Waals surface area contributed by atoms with Gasteiger partial charge in [-0.05, 0) is 12.8 Å². The molecule has 2 N–H and O–H groups in total. The average molecular weight is 252 g/mol. The van der Waals surface area contributed by atoms with Crippen LogP contribution in [0.5, 0.6) is 0 Å². The van der Waals surface area contributed by atoms with Gasteiger partial charge in [-0.3, -0.25) is 0 Å². The highest BCUT2D eigenvalue weighted by molar-refractivity contribution is 5.85. The highest BCUT2D eigenvalue weighted by Crippen LogP contribution is 2.23. The van der Waals surface area contributed by atoms with E-state index in [4.69, 9.17) is 5.73 Å². The van der Waals surface area contributed by atoms with Gasteiger partial charge in [-0.25, -0.2) is 13.2 Å². The minimum absolute atomic E-state index is 0. The molecule has 90 valence electrons. The molecule has 0 aliphatic heterocycles. The van der Waals surface area contributed by atoms with Crippen LogP contribution in [-0.2, 0) is 0 Å². The zero-order valence-electron chi connectivity index (χ0n) is 8.55. The highest BCUT2D eigenvalue weighted by atomic mass is 35.5. The van der Waals surface area contributed by atoms with Crippen molar-refractivity contribution in [1.82, 2.24) is 0 Å². The zero-order chi connectivity index (χ0) is 11.4. The van der Waals surface area contributed by atoms with Crippen LogP contribution in [-0.4, -0.2) is 0 Å². The third kappa shape index (κ3) is 3.54. The molecule has 5 heteroatoms. The third-order valence-electron chi connectivity index (χ3n) is 2.10. The number of hydrogen-bond acceptors (Lipinski definition) is 1. The Kier molecular flexibility index (Phi) is 6.14. The van der Waals surface area contributed by atoms with Crippen molar-refractivity contribution in [2.45, 2.75) is 18.9 Å². The highest BCUT2D eigenvalue weighted by Gasteiger charge is 2.17. The van der Waals surface area contributed by atoms with Crippen molar-refractivity contribution in [1.29, 1.82) is 0 Å². The first-order valence-electron chi connectivity index (χ1n) is 4.57. The van der Waals surface area contributed by atoms with E-state index in [-0.39, 0.29) is 18.0 Å². The van der Waals surface area contributed by atoms with Crippen LogP contribution in [0.25, 0.3) is 0 Å². The number of hydrogen-bond donors (Lipinski definition) is 1. The van der Waals surface area contributed by atoms with Crippen LogP contribution < -0.4 is 5.73 Å². The molecule has 0 aliphatic rings. The summed E-state index contributed by atoms with van der Waals surface area (Å²) >= 11 is 0. The maximum absolute atomic E-state index is 13.2. The smallest absolute Gasteiger partial charge is 0.133 e. The largest absolute Gasteiger partial charge is 0.324 e. The van der Waals surface area contributed by atoms with E-state index in [1.165, 1.54) is 0 Å². The molecule has 0 heterocycles. The molecule has 0 saturated carbocycles. The molecule has 0 radical (unpaired) electrons. The summed E-state index contributed by atoms with van der Waals surface area (Å²) in [6.45, 7) is 3.48. The predicted molar refractivity (Wildman–Crippen MR) is 59.9 cm³/mol. The van der Waals surface area contributed by atoms with Gasteiger partial charge in [0.1, 0.15) is 17.5 Å². The summed E-state index contributed by atoms with van der Waals surface area (Å²) in [7, 11) is 0. The van der Waals surface area contributed by atoms with E-state index >= 15 is 0 Å². The van der Waals surface area contributed by atoms with Crippen LogP contribution in [0.2, 0.25) is 0 Å². The first-order chi connectivity index (χ1) is 7.06. The standard InChI is InChI=1S/C11H12F3N.ClH/c1-2-3-4-10(15)11-8(13)5-7(12)6-9(11)14;/h2,5-6,10H,1,3-4,15H2;1H/t10-;/m0./s1. The lowest BCUT2D eigenvalue weighted by atomic mass is 10.0. The molecule has 16 heavy (non-hydrogen) atoms. The van der Waals surface area contributed by atoms with E-state index in [1.807, 2.05) is 0 Å². The van der Waals surface area contributed by atoms with Crippen LogP contribution >= 0.6 is 12.4 Å². The van der Waals surface area contributed by atoms with Gasteiger partial charge in [-0.15, -0.1) is 19.0 Å². The van der Waals surface area contributed by atoms with E-state index in [2.05, 4.69) is 6.58 Å². The van der Waals surface area contributed by atoms with Crippen LogP contribution in [0.1, 0.15) is 24.4 Å². The Labute approximate surface area is 98.6 Å². The predicted octanol–water partition coefficient (Wildman–Crippen LogP) is 3.49. The van der Waals surface area contributed by atoms with Crippen LogP contribution in [0, 0.1) is 17.5 Å². The van der Waals surface area contributed by atoms with Crippen molar-refractivity contribution in [3.8, 4) is 0 Å². The second kappa shape index (κ2) is 6.55. The van der Waals surface area contributed by atoms with Gasteiger partial charge in [0.2, 0.25) is 0 Å². The van der Waals surface area contributed by atoms with Crippen molar-refractivity contribution in [2.24, 2.45) is 5.73 Å². The molecule has 1 rings (SSSR count). The van der Waals surface area contributed by atoms with Gasteiger partial charge in [0.05, 0.1) is 0 Å². The Morgan fingerprint density at radius 3 is 2.19 bits per heavy atom. The van der Waals surface area contributed by atoms with Gasteiger partial charge < -0.3 is 5.73 Å². The maximum atomic E-state index is 13.2. The number of allylic oxidation sites excluding steroid dienone is 1. The van der Waals surface area contributed by atoms with Crippen LogP contribution in [0.4, 0.5) is 13.2 Å². The van der Waals surface area contributed by atoms with E-state index < -0.39 is 23.5 Å². The van der Waals surface area contributed by atoms with Crippen LogP contribution in [0.3, 0.4) is 0 Å². The van der Waals surface area contributed by atoms with E-state index in [1.54, 1.807) is 6.08 Å². The summed E-state index contributed by atoms with van der Waals surface area (Å²) in [6, 6.07) is 0.488. The molecule has 0 fully saturated rings. The molecular formula is C11H13ClF3N. The first kappa shape index (κ1) is 15.0. The molecule has 0 unspecified atom stereocenters. The average Bonchev–Trinajstić information content (AvgIpc) is 2.12. The molecule has 0 spiro atoms. The molecule has 0 aliphatic carbocycles. The fourth-order valence-electron chi connectivity index (χ4n) is 1.35. The van der Waals surface area contributed by atoms with Gasteiger partial charge in [-0.2, -0.15) is 0 Å². The number of nitrogens with two attached hydrogens (primary N) is 1. The summed E-state index contributed by atoms with van der Waals surface area (Å²) in [5, 5.41) is 0. The normalized spacial score (nSPS) is 11.8. The Morgan fingerprint density at radius 2 is 1.75 bits per heavy atom. The quantitative estimate of drug-likeness (QED) is 0.815. The summed E-state index contributed by atoms with van der Waals surface area (Å²) < 4.78 is 39.0. The summed E-state index contributed by atoms with van der Waals surface area (Å²) in [5.74, 6) is -2.82. The Balaban J connectivity index is 0.00000225. The minimum Gasteiger partial charge on any atom is -0.324 e. The van der Waals surface area contributed by atoms with Crippen molar-refractivity contribution in [3.05, 3.63) is 47.8 Å².